The molecule has 2 N–H and O–H groups in total. The Bertz CT molecular complexity index is 1050. The van der Waals surface area contributed by atoms with Crippen molar-refractivity contribution in [1.29, 1.82) is 0 Å². The van der Waals surface area contributed by atoms with Crippen molar-refractivity contribution >= 4 is 29.2 Å². The van der Waals surface area contributed by atoms with Crippen LogP contribution in [0.25, 0.3) is 11.5 Å². The number of nitrogens with one attached hydrogen (secondary N) is 2. The minimum absolute atomic E-state index is 0.0662. The number of carbonyl (C=O) groups is 2. The lowest BCUT2D eigenvalue weighted by atomic mass is 10.1. The Balaban J connectivity index is 1.74. The summed E-state index contributed by atoms with van der Waals surface area (Å²) in [5, 5.41) is 23.5. The van der Waals surface area contributed by atoms with Crippen LogP contribution in [-0.4, -0.2) is 26.9 Å². The van der Waals surface area contributed by atoms with Crippen molar-refractivity contribution in [3.63, 3.8) is 0 Å². The Kier molecular flexibility index (Phi) is 5.93. The van der Waals surface area contributed by atoms with Gasteiger partial charge in [-0.15, -0.1) is 5.10 Å². The second-order valence-corrected chi connectivity index (χ2v) is 6.01. The van der Waals surface area contributed by atoms with Crippen LogP contribution in [0.2, 0.25) is 0 Å². The second kappa shape index (κ2) is 8.74. The zero-order valence-electron chi connectivity index (χ0n) is 15.4. The Hall–Kier alpha value is -4.08. The van der Waals surface area contributed by atoms with Crippen LogP contribution in [0, 0.1) is 10.1 Å². The van der Waals surface area contributed by atoms with E-state index in [9.17, 15) is 19.7 Å². The zero-order valence-corrected chi connectivity index (χ0v) is 15.4. The molecule has 2 aromatic carbocycles. The predicted octanol–water partition coefficient (Wildman–Crippen LogP) is 3.64. The molecule has 0 bridgehead atoms. The fourth-order valence-corrected chi connectivity index (χ4v) is 2.51. The molecule has 3 aromatic rings. The number of amides is 2. The monoisotopic (exact) mass is 395 g/mol. The smallest absolute Gasteiger partial charge is 0.322 e. The van der Waals surface area contributed by atoms with Crippen molar-refractivity contribution < 1.29 is 18.9 Å². The molecule has 148 valence electrons. The van der Waals surface area contributed by atoms with Crippen molar-refractivity contribution in [1.82, 2.24) is 10.2 Å². The molecular weight excluding hydrogens is 378 g/mol. The SMILES string of the molecule is CCCC(=O)Nc1ccccc1C(=O)Nc1nnc(-c2ccc([N+](=O)[O-])cc2)o1. The summed E-state index contributed by atoms with van der Waals surface area (Å²) in [5.74, 6) is -0.623. The number of nitro groups is 1. The van der Waals surface area contributed by atoms with Crippen molar-refractivity contribution in [3.8, 4) is 11.5 Å². The maximum absolute atomic E-state index is 12.6. The highest BCUT2D eigenvalue weighted by Gasteiger charge is 2.17. The third-order valence-electron chi connectivity index (χ3n) is 3.89. The standard InChI is InChI=1S/C19H17N5O5/c1-2-5-16(25)20-15-7-4-3-6-14(15)17(26)21-19-23-22-18(29-19)12-8-10-13(11-9-12)24(27)28/h3-4,6-11H,2,5H2,1H3,(H,20,25)(H,21,23,26). The van der Waals surface area contributed by atoms with Gasteiger partial charge in [-0.25, -0.2) is 0 Å². The Morgan fingerprint density at radius 1 is 1.07 bits per heavy atom. The number of rotatable bonds is 7. The number of hydrogen-bond donors (Lipinski definition) is 2. The van der Waals surface area contributed by atoms with E-state index in [0.717, 1.165) is 0 Å². The number of para-hydroxylation sites is 1. The van der Waals surface area contributed by atoms with Gasteiger partial charge >= 0.3 is 6.01 Å². The molecule has 1 heterocycles. The molecule has 0 saturated heterocycles. The van der Waals surface area contributed by atoms with Gasteiger partial charge in [-0.2, -0.15) is 0 Å². The summed E-state index contributed by atoms with van der Waals surface area (Å²) in [6.07, 6.45) is 1.03. The highest BCUT2D eigenvalue weighted by molar-refractivity contribution is 6.09. The van der Waals surface area contributed by atoms with Gasteiger partial charge in [0.25, 0.3) is 11.6 Å². The Labute approximate surface area is 165 Å². The number of hydrogen-bond acceptors (Lipinski definition) is 7. The van der Waals surface area contributed by atoms with Crippen molar-refractivity contribution in [2.75, 3.05) is 10.6 Å². The molecule has 0 aliphatic rings. The van der Waals surface area contributed by atoms with Gasteiger partial charge < -0.3 is 9.73 Å². The highest BCUT2D eigenvalue weighted by atomic mass is 16.6. The summed E-state index contributed by atoms with van der Waals surface area (Å²) >= 11 is 0. The minimum atomic E-state index is -0.531. The number of non-ortho nitro benzene ring substituents is 1. The Morgan fingerprint density at radius 2 is 1.79 bits per heavy atom. The third kappa shape index (κ3) is 4.80. The van der Waals surface area contributed by atoms with Gasteiger partial charge in [0.15, 0.2) is 0 Å². The highest BCUT2D eigenvalue weighted by Crippen LogP contribution is 2.23. The fraction of sp³-hybridized carbons (Fsp3) is 0.158. The van der Waals surface area contributed by atoms with Crippen LogP contribution >= 0.6 is 0 Å². The zero-order chi connectivity index (χ0) is 20.8. The summed E-state index contributed by atoms with van der Waals surface area (Å²) in [4.78, 5) is 34.6. The van der Waals surface area contributed by atoms with Crippen LogP contribution < -0.4 is 10.6 Å². The quantitative estimate of drug-likeness (QED) is 0.459. The Morgan fingerprint density at radius 3 is 2.48 bits per heavy atom. The van der Waals surface area contributed by atoms with E-state index < -0.39 is 10.8 Å². The van der Waals surface area contributed by atoms with Crippen molar-refractivity contribution in [2.24, 2.45) is 0 Å². The summed E-state index contributed by atoms with van der Waals surface area (Å²) < 4.78 is 5.41. The number of nitro benzene ring substituents is 1. The van der Waals surface area contributed by atoms with Crippen molar-refractivity contribution in [2.45, 2.75) is 19.8 Å². The van der Waals surface area contributed by atoms with Crippen LogP contribution in [0.1, 0.15) is 30.1 Å². The molecule has 0 radical (unpaired) electrons. The molecule has 0 aliphatic carbocycles. The van der Waals surface area contributed by atoms with Crippen molar-refractivity contribution in [3.05, 3.63) is 64.2 Å². The molecule has 3 rings (SSSR count). The molecule has 0 unspecified atom stereocenters. The minimum Gasteiger partial charge on any atom is -0.403 e. The normalized spacial score (nSPS) is 10.4. The first kappa shape index (κ1) is 19.7. The predicted molar refractivity (Wildman–Crippen MR) is 104 cm³/mol. The van der Waals surface area contributed by atoms with E-state index in [1.54, 1.807) is 24.3 Å². The summed E-state index contributed by atoms with van der Waals surface area (Å²) in [6.45, 7) is 1.89. The molecular formula is C19H17N5O5. The van der Waals surface area contributed by atoms with Gasteiger partial charge in [-0.3, -0.25) is 25.0 Å². The van der Waals surface area contributed by atoms with Gasteiger partial charge in [-0.1, -0.05) is 24.2 Å². The number of anilines is 2. The van der Waals surface area contributed by atoms with Crippen LogP contribution in [-0.2, 0) is 4.79 Å². The van der Waals surface area contributed by atoms with E-state index in [0.29, 0.717) is 24.1 Å². The number of nitrogens with zero attached hydrogens (tertiary/aromatic N) is 3. The van der Waals surface area contributed by atoms with Gasteiger partial charge in [-0.05, 0) is 30.7 Å². The lowest BCUT2D eigenvalue weighted by molar-refractivity contribution is -0.384. The molecule has 0 fully saturated rings. The number of benzene rings is 2. The number of aromatic nitrogens is 2. The maximum Gasteiger partial charge on any atom is 0.322 e. The molecule has 0 spiro atoms. The van der Waals surface area contributed by atoms with Crippen LogP contribution in [0.5, 0.6) is 0 Å². The largest absolute Gasteiger partial charge is 0.403 e. The van der Waals surface area contributed by atoms with Crippen LogP contribution in [0.15, 0.2) is 52.9 Å². The average Bonchev–Trinajstić information content (AvgIpc) is 3.17. The van der Waals surface area contributed by atoms with E-state index in [1.165, 1.54) is 24.3 Å². The van der Waals surface area contributed by atoms with Gasteiger partial charge in [0.05, 0.1) is 16.2 Å². The molecule has 1 aromatic heterocycles. The van der Waals surface area contributed by atoms with E-state index >= 15 is 0 Å². The van der Waals surface area contributed by atoms with Gasteiger partial charge in [0.1, 0.15) is 0 Å². The third-order valence-corrected chi connectivity index (χ3v) is 3.89. The molecule has 0 atom stereocenters. The maximum atomic E-state index is 12.6. The first-order valence-corrected chi connectivity index (χ1v) is 8.76. The lowest BCUT2D eigenvalue weighted by Crippen LogP contribution is -2.18. The van der Waals surface area contributed by atoms with E-state index in [2.05, 4.69) is 20.8 Å². The second-order valence-electron chi connectivity index (χ2n) is 6.01. The van der Waals surface area contributed by atoms with Gasteiger partial charge in [0, 0.05) is 24.1 Å². The fourth-order valence-electron chi connectivity index (χ4n) is 2.51. The summed E-state index contributed by atoms with van der Waals surface area (Å²) in [5.41, 5.74) is 1.02. The average molecular weight is 395 g/mol. The van der Waals surface area contributed by atoms with Gasteiger partial charge in [0.2, 0.25) is 11.8 Å². The molecule has 29 heavy (non-hydrogen) atoms. The molecule has 2 amide bonds. The van der Waals surface area contributed by atoms with E-state index in [4.69, 9.17) is 4.42 Å². The summed E-state index contributed by atoms with van der Waals surface area (Å²) in [7, 11) is 0. The van der Waals surface area contributed by atoms with Crippen LogP contribution in [0.3, 0.4) is 0 Å². The molecule has 10 nitrogen and oxygen atoms in total. The topological polar surface area (TPSA) is 140 Å². The number of carbonyl (C=O) groups excluding carboxylic acids is 2. The lowest BCUT2D eigenvalue weighted by Gasteiger charge is -2.09. The van der Waals surface area contributed by atoms with Crippen LogP contribution in [0.4, 0.5) is 17.4 Å². The van der Waals surface area contributed by atoms with E-state index in [-0.39, 0.29) is 29.1 Å². The summed E-state index contributed by atoms with van der Waals surface area (Å²) in [6, 6.07) is 12.0. The molecule has 0 saturated carbocycles. The molecule has 0 aliphatic heterocycles. The van der Waals surface area contributed by atoms with E-state index in [1.807, 2.05) is 6.92 Å². The first-order valence-electron chi connectivity index (χ1n) is 8.76. The molecule has 10 heteroatoms. The first-order chi connectivity index (χ1) is 14.0.